The highest BCUT2D eigenvalue weighted by molar-refractivity contribution is 5.93. The Morgan fingerprint density at radius 1 is 0.913 bits per heavy atom. The number of hydrogen-bond acceptors (Lipinski definition) is 10. The van der Waals surface area contributed by atoms with Gasteiger partial charge in [-0.1, -0.05) is 46.3 Å². The SMILES string of the molecule is CC(=O)O[C@@H]1C[C@@]2(C)[C@@H]3CC=C4[C@@H](CC(=O)[C@H](OC(C)=O)C4(C)C)[C@]3(C)C(=O)C[C@]2(C)[C@H]1[C@@](C)(O)C(=O)CCC(C)(C)OC(C)=O. The molecule has 256 valence electrons. The Kier molecular flexibility index (Phi) is 8.89. The molecule has 3 saturated carbocycles. The molecular formula is C36H52O10. The van der Waals surface area contributed by atoms with E-state index in [0.29, 0.717) is 12.8 Å². The van der Waals surface area contributed by atoms with Crippen molar-refractivity contribution in [3.8, 4) is 0 Å². The van der Waals surface area contributed by atoms with E-state index in [0.717, 1.165) is 5.57 Å². The molecule has 0 aliphatic heterocycles. The van der Waals surface area contributed by atoms with E-state index in [-0.39, 0.29) is 43.2 Å². The zero-order valence-electron chi connectivity index (χ0n) is 29.3. The van der Waals surface area contributed by atoms with Crippen LogP contribution in [0.4, 0.5) is 0 Å². The number of carbonyl (C=O) groups excluding carboxylic acids is 6. The van der Waals surface area contributed by atoms with Crippen LogP contribution in [0.25, 0.3) is 0 Å². The minimum Gasteiger partial charge on any atom is -0.462 e. The molecule has 10 nitrogen and oxygen atoms in total. The lowest BCUT2D eigenvalue weighted by molar-refractivity contribution is -0.187. The fourth-order valence-corrected chi connectivity index (χ4v) is 10.3. The van der Waals surface area contributed by atoms with E-state index in [4.69, 9.17) is 14.2 Å². The van der Waals surface area contributed by atoms with Crippen molar-refractivity contribution in [2.24, 2.45) is 39.4 Å². The number of Topliss-reactive ketones (excluding diaryl/α,β-unsaturated/α-hetero) is 3. The van der Waals surface area contributed by atoms with Gasteiger partial charge in [-0.05, 0) is 56.8 Å². The normalized spacial score (nSPS) is 37.9. The van der Waals surface area contributed by atoms with Crippen molar-refractivity contribution < 1.29 is 48.1 Å². The topological polar surface area (TPSA) is 150 Å². The van der Waals surface area contributed by atoms with Crippen molar-refractivity contribution in [2.45, 2.75) is 138 Å². The number of rotatable bonds is 8. The van der Waals surface area contributed by atoms with Crippen molar-refractivity contribution >= 4 is 35.3 Å². The number of esters is 3. The number of ketones is 3. The van der Waals surface area contributed by atoms with Gasteiger partial charge in [0, 0.05) is 62.7 Å². The molecule has 0 heterocycles. The first-order chi connectivity index (χ1) is 20.9. The molecular weight excluding hydrogens is 592 g/mol. The zero-order chi connectivity index (χ0) is 35.0. The maximum absolute atomic E-state index is 14.7. The number of allylic oxidation sites excluding steroid dienone is 1. The van der Waals surface area contributed by atoms with Gasteiger partial charge in [0.05, 0.1) is 0 Å². The Morgan fingerprint density at radius 3 is 2.04 bits per heavy atom. The van der Waals surface area contributed by atoms with Crippen molar-refractivity contribution in [1.29, 1.82) is 0 Å². The van der Waals surface area contributed by atoms with E-state index >= 15 is 0 Å². The van der Waals surface area contributed by atoms with Crippen LogP contribution in [0.1, 0.15) is 115 Å². The van der Waals surface area contributed by atoms with Gasteiger partial charge < -0.3 is 19.3 Å². The van der Waals surface area contributed by atoms with Gasteiger partial charge in [-0.3, -0.25) is 28.8 Å². The number of carbonyl (C=O) groups is 6. The van der Waals surface area contributed by atoms with Gasteiger partial charge in [-0.15, -0.1) is 0 Å². The summed E-state index contributed by atoms with van der Waals surface area (Å²) in [5, 5.41) is 12.1. The van der Waals surface area contributed by atoms with Gasteiger partial charge >= 0.3 is 17.9 Å². The summed E-state index contributed by atoms with van der Waals surface area (Å²) in [6.07, 6.45) is 1.30. The minimum atomic E-state index is -1.97. The number of fused-ring (bicyclic) bond motifs is 5. The number of aliphatic hydroxyl groups is 1. The average molecular weight is 645 g/mol. The Hall–Kier alpha value is -2.88. The fourth-order valence-electron chi connectivity index (χ4n) is 10.3. The third kappa shape index (κ3) is 5.46. The Bertz CT molecular complexity index is 1390. The smallest absolute Gasteiger partial charge is 0.303 e. The highest BCUT2D eigenvalue weighted by atomic mass is 16.6. The van der Waals surface area contributed by atoms with Crippen LogP contribution in [0.15, 0.2) is 11.6 Å². The Balaban J connectivity index is 1.77. The Morgan fingerprint density at radius 2 is 1.50 bits per heavy atom. The summed E-state index contributed by atoms with van der Waals surface area (Å²) in [6.45, 7) is 18.4. The third-order valence-corrected chi connectivity index (χ3v) is 12.5. The van der Waals surface area contributed by atoms with Crippen LogP contribution >= 0.6 is 0 Å². The number of hydrogen-bond donors (Lipinski definition) is 1. The van der Waals surface area contributed by atoms with E-state index in [9.17, 15) is 33.9 Å². The molecule has 0 saturated heterocycles. The first-order valence-corrected chi connectivity index (χ1v) is 16.4. The van der Waals surface area contributed by atoms with Crippen LogP contribution in [0.2, 0.25) is 0 Å². The summed E-state index contributed by atoms with van der Waals surface area (Å²) in [6, 6.07) is 0. The predicted molar refractivity (Wildman–Crippen MR) is 167 cm³/mol. The fraction of sp³-hybridized carbons (Fsp3) is 0.778. The quantitative estimate of drug-likeness (QED) is 0.220. The molecule has 0 aromatic heterocycles. The average Bonchev–Trinajstić information content (AvgIpc) is 3.10. The van der Waals surface area contributed by atoms with Crippen LogP contribution in [0, 0.1) is 39.4 Å². The Labute approximate surface area is 272 Å². The molecule has 0 aromatic rings. The molecule has 46 heavy (non-hydrogen) atoms. The van der Waals surface area contributed by atoms with E-state index < -0.39 is 80.6 Å². The van der Waals surface area contributed by atoms with Gasteiger partial charge in [0.15, 0.2) is 17.7 Å². The maximum atomic E-state index is 14.7. The summed E-state index contributed by atoms with van der Waals surface area (Å²) in [5.41, 5.74) is -5.36. The summed E-state index contributed by atoms with van der Waals surface area (Å²) >= 11 is 0. The second-order valence-electron chi connectivity index (χ2n) is 16.4. The molecule has 0 amide bonds. The van der Waals surface area contributed by atoms with Crippen LogP contribution in [-0.2, 0) is 43.0 Å². The molecule has 0 unspecified atom stereocenters. The number of ether oxygens (including phenoxy) is 3. The summed E-state index contributed by atoms with van der Waals surface area (Å²) < 4.78 is 16.7. The highest BCUT2D eigenvalue weighted by Gasteiger charge is 2.75. The molecule has 0 spiro atoms. The van der Waals surface area contributed by atoms with Crippen LogP contribution in [0.5, 0.6) is 0 Å². The first-order valence-electron chi connectivity index (χ1n) is 16.4. The lowest BCUT2D eigenvalue weighted by atomic mass is 9.38. The molecule has 0 radical (unpaired) electrons. The van der Waals surface area contributed by atoms with Gasteiger partial charge in [-0.25, -0.2) is 0 Å². The molecule has 3 fully saturated rings. The molecule has 1 N–H and O–H groups in total. The van der Waals surface area contributed by atoms with Crippen LogP contribution < -0.4 is 0 Å². The molecule has 4 rings (SSSR count). The van der Waals surface area contributed by atoms with Gasteiger partial charge in [0.1, 0.15) is 23.1 Å². The van der Waals surface area contributed by atoms with Crippen molar-refractivity contribution in [2.75, 3.05) is 0 Å². The first kappa shape index (κ1) is 36.0. The van der Waals surface area contributed by atoms with Crippen molar-refractivity contribution in [3.63, 3.8) is 0 Å². The monoisotopic (exact) mass is 644 g/mol. The third-order valence-electron chi connectivity index (χ3n) is 12.5. The van der Waals surface area contributed by atoms with Gasteiger partial charge in [0.25, 0.3) is 0 Å². The van der Waals surface area contributed by atoms with Crippen LogP contribution in [-0.4, -0.2) is 63.8 Å². The molecule has 0 aromatic carbocycles. The van der Waals surface area contributed by atoms with Crippen molar-refractivity contribution in [1.82, 2.24) is 0 Å². The summed E-state index contributed by atoms with van der Waals surface area (Å²) in [4.78, 5) is 78.0. The van der Waals surface area contributed by atoms with Gasteiger partial charge in [-0.2, -0.15) is 0 Å². The summed E-state index contributed by atoms with van der Waals surface area (Å²) in [7, 11) is 0. The molecule has 4 aliphatic rings. The highest BCUT2D eigenvalue weighted by Crippen LogP contribution is 2.74. The lowest BCUT2D eigenvalue weighted by Crippen LogP contribution is -2.65. The van der Waals surface area contributed by atoms with E-state index in [1.807, 2.05) is 27.7 Å². The van der Waals surface area contributed by atoms with E-state index in [1.165, 1.54) is 27.7 Å². The second kappa shape index (κ2) is 11.4. The minimum absolute atomic E-state index is 0.0209. The maximum Gasteiger partial charge on any atom is 0.303 e. The van der Waals surface area contributed by atoms with E-state index in [1.54, 1.807) is 13.8 Å². The van der Waals surface area contributed by atoms with Crippen molar-refractivity contribution in [3.05, 3.63) is 11.6 Å². The summed E-state index contributed by atoms with van der Waals surface area (Å²) in [5.74, 6) is -3.91. The van der Waals surface area contributed by atoms with Crippen LogP contribution in [0.3, 0.4) is 0 Å². The molecule has 9 atom stereocenters. The molecule has 10 heteroatoms. The predicted octanol–water partition coefficient (Wildman–Crippen LogP) is 4.86. The standard InChI is InChI=1S/C36H52O10/c1-19(37)44-25-17-33(8)26-13-12-22-23(16-24(40)30(32(22,6)7)45-20(2)38)35(26,10)28(42)18-34(33,9)29(25)36(11,43)27(41)14-15-31(4,5)46-21(3)39/h12,23,25-26,29-30,43H,13-18H2,1-11H3/t23-,25-,26+,29+,30+,33+,34-,35+,36+/m1/s1. The molecule has 0 bridgehead atoms. The largest absolute Gasteiger partial charge is 0.462 e. The van der Waals surface area contributed by atoms with Gasteiger partial charge in [0.2, 0.25) is 0 Å². The zero-order valence-corrected chi connectivity index (χ0v) is 29.3. The molecule has 4 aliphatic carbocycles. The lowest BCUT2D eigenvalue weighted by Gasteiger charge is -2.64. The second-order valence-corrected chi connectivity index (χ2v) is 16.4. The van der Waals surface area contributed by atoms with E-state index in [2.05, 4.69) is 13.0 Å².